The molecule has 0 saturated carbocycles. The summed E-state index contributed by atoms with van der Waals surface area (Å²) in [6.45, 7) is 3.46. The van der Waals surface area contributed by atoms with Crippen LogP contribution in [0.15, 0.2) is 0 Å². The number of halogens is 1. The summed E-state index contributed by atoms with van der Waals surface area (Å²) >= 11 is 1.96. The first kappa shape index (κ1) is 14.2. The molecule has 0 rings (SSSR count). The molecule has 4 nitrogen and oxygen atoms in total. The average molecular weight is 330 g/mol. The lowest BCUT2D eigenvalue weighted by Crippen LogP contribution is -2.22. The molecular weight excluding hydrogens is 317 g/mol. The van der Waals surface area contributed by atoms with Crippen LogP contribution >= 0.6 is 31.5 Å². The van der Waals surface area contributed by atoms with E-state index in [0.717, 1.165) is 0 Å². The molecule has 2 unspecified atom stereocenters. The minimum atomic E-state index is -0.972. The van der Waals surface area contributed by atoms with Crippen molar-refractivity contribution in [3.63, 3.8) is 0 Å². The topological polar surface area (TPSA) is 63.6 Å². The lowest BCUT2D eigenvalue weighted by Gasteiger charge is -2.13. The van der Waals surface area contributed by atoms with Crippen LogP contribution in [0.1, 0.15) is 20.3 Å². The maximum absolute atomic E-state index is 11.2. The molecule has 0 aromatic heterocycles. The predicted octanol–water partition coefficient (Wildman–Crippen LogP) is 1.58. The number of esters is 1. The fourth-order valence-corrected chi connectivity index (χ4v) is 1.69. The van der Waals surface area contributed by atoms with Gasteiger partial charge in [0.25, 0.3) is 4.29 Å². The molecule has 0 heterocycles. The van der Waals surface area contributed by atoms with E-state index in [-0.39, 0.29) is 16.8 Å². The van der Waals surface area contributed by atoms with Crippen molar-refractivity contribution < 1.29 is 19.4 Å². The molecule has 0 amide bonds. The fraction of sp³-hybridized carbons (Fsp3) is 0.714. The van der Waals surface area contributed by atoms with Gasteiger partial charge in [0, 0.05) is 0 Å². The lowest BCUT2D eigenvalue weighted by atomic mass is 9.82. The van der Waals surface area contributed by atoms with Crippen molar-refractivity contribution in [2.45, 2.75) is 32.2 Å². The molecule has 0 aliphatic carbocycles. The van der Waals surface area contributed by atoms with Crippen LogP contribution < -0.4 is 0 Å². The summed E-state index contributed by atoms with van der Waals surface area (Å²) in [5, 5.41) is 8.80. The number of carboxylic acid groups (broad SMARTS) is 1. The summed E-state index contributed by atoms with van der Waals surface area (Å²) in [5.74, 6) is -2.14. The van der Waals surface area contributed by atoms with E-state index in [1.54, 1.807) is 13.8 Å². The molecule has 0 bridgehead atoms. The van der Waals surface area contributed by atoms with Gasteiger partial charge in [0.05, 0.1) is 18.3 Å². The summed E-state index contributed by atoms with van der Waals surface area (Å²) in [7, 11) is 2.37. The zero-order valence-corrected chi connectivity index (χ0v) is 11.4. The van der Waals surface area contributed by atoms with Gasteiger partial charge >= 0.3 is 11.9 Å². The lowest BCUT2D eigenvalue weighted by molar-refractivity contribution is -0.150. The summed E-state index contributed by atoms with van der Waals surface area (Å²) in [6.07, 6.45) is -0.279. The first-order valence-electron chi connectivity index (χ1n) is 4.16. The molecule has 80 valence electrons. The number of aliphatic carboxylic acids is 1. The number of hydrogen-bond acceptors (Lipinski definition) is 3. The minimum Gasteiger partial charge on any atom is -0.481 e. The molecule has 0 aromatic rings. The Balaban J connectivity index is 4.17. The molecule has 0 saturated heterocycles. The zero-order chi connectivity index (χ0) is 11.3. The van der Waals surface area contributed by atoms with Gasteiger partial charge in [-0.15, -0.1) is 22.4 Å². The second-order valence-electron chi connectivity index (χ2n) is 3.13. The molecule has 2 atom stereocenters. The van der Waals surface area contributed by atoms with Gasteiger partial charge in [-0.05, 0) is 13.8 Å². The Morgan fingerprint density at radius 2 is 2.07 bits per heavy atom. The first-order chi connectivity index (χ1) is 6.34. The van der Waals surface area contributed by atoms with E-state index in [9.17, 15) is 9.59 Å². The molecule has 7 heteroatoms. The SMILES string of the molecule is CC(C)OC(=O)CC(B(P)I)C(=O)O. The van der Waals surface area contributed by atoms with Crippen molar-refractivity contribution in [3.05, 3.63) is 0 Å². The van der Waals surface area contributed by atoms with E-state index in [0.29, 0.717) is 0 Å². The van der Waals surface area contributed by atoms with Gasteiger partial charge in [0.2, 0.25) is 0 Å². The van der Waals surface area contributed by atoms with Gasteiger partial charge in [0.1, 0.15) is 0 Å². The highest BCUT2D eigenvalue weighted by Gasteiger charge is 2.29. The Bertz CT molecular complexity index is 222. The maximum Gasteiger partial charge on any atom is 0.306 e. The van der Waals surface area contributed by atoms with E-state index in [1.165, 1.54) is 0 Å². The third-order valence-corrected chi connectivity index (χ3v) is 2.79. The number of hydrogen-bond donors (Lipinski definition) is 1. The van der Waals surface area contributed by atoms with E-state index in [2.05, 4.69) is 9.12 Å². The van der Waals surface area contributed by atoms with E-state index >= 15 is 0 Å². The second kappa shape index (κ2) is 6.61. The standard InChI is InChI=1S/C7H13BIO4P/c1-4(2)13-6(10)3-5(7(11)12)8(9)14/h4-5H,3,14H2,1-2H3,(H,11,12). The van der Waals surface area contributed by atoms with Crippen molar-refractivity contribution in [2.24, 2.45) is 0 Å². The van der Waals surface area contributed by atoms with Crippen LogP contribution in [0.25, 0.3) is 0 Å². The fourth-order valence-electron chi connectivity index (χ4n) is 0.827. The third kappa shape index (κ3) is 5.80. The van der Waals surface area contributed by atoms with Crippen molar-refractivity contribution in [1.82, 2.24) is 0 Å². The van der Waals surface area contributed by atoms with Gasteiger partial charge in [-0.25, -0.2) is 0 Å². The summed E-state index contributed by atoms with van der Waals surface area (Å²) in [6, 6.07) is 0. The molecule has 0 radical (unpaired) electrons. The first-order valence-corrected chi connectivity index (χ1v) is 6.07. The highest BCUT2D eigenvalue weighted by Crippen LogP contribution is 2.25. The highest BCUT2D eigenvalue weighted by molar-refractivity contribution is 14.1. The highest BCUT2D eigenvalue weighted by atomic mass is 127. The van der Waals surface area contributed by atoms with Crippen LogP contribution in [0.5, 0.6) is 0 Å². The van der Waals surface area contributed by atoms with Gasteiger partial charge in [-0.3, -0.25) is 9.59 Å². The van der Waals surface area contributed by atoms with Crippen molar-refractivity contribution in [1.29, 1.82) is 0 Å². The largest absolute Gasteiger partial charge is 0.481 e. The number of carbonyl (C=O) groups excluding carboxylic acids is 1. The molecule has 14 heavy (non-hydrogen) atoms. The van der Waals surface area contributed by atoms with Gasteiger partial charge in [-0.2, -0.15) is 9.12 Å². The Hall–Kier alpha value is 0.165. The average Bonchev–Trinajstić information content (AvgIpc) is 1.97. The Morgan fingerprint density at radius 1 is 1.57 bits per heavy atom. The van der Waals surface area contributed by atoms with Crippen LogP contribution in [-0.2, 0) is 14.3 Å². The van der Waals surface area contributed by atoms with Crippen LogP contribution in [0, 0.1) is 0 Å². The maximum atomic E-state index is 11.2. The van der Waals surface area contributed by atoms with Gasteiger partial charge in [-0.1, -0.05) is 0 Å². The van der Waals surface area contributed by atoms with E-state index in [1.807, 2.05) is 22.4 Å². The van der Waals surface area contributed by atoms with Crippen LogP contribution in [0.4, 0.5) is 0 Å². The van der Waals surface area contributed by atoms with E-state index in [4.69, 9.17) is 9.84 Å². The number of carboxylic acids is 1. The van der Waals surface area contributed by atoms with Crippen LogP contribution in [0.2, 0.25) is 5.82 Å². The molecule has 1 N–H and O–H groups in total. The summed E-state index contributed by atoms with van der Waals surface area (Å²) < 4.78 is 4.69. The molecule has 0 aliphatic rings. The van der Waals surface area contributed by atoms with Crippen LogP contribution in [0.3, 0.4) is 0 Å². The minimum absolute atomic E-state index is 0.0788. The Morgan fingerprint density at radius 3 is 2.36 bits per heavy atom. The number of rotatable bonds is 5. The number of ether oxygens (including phenoxy) is 1. The zero-order valence-electron chi connectivity index (χ0n) is 8.07. The molecule has 0 aromatic carbocycles. The molecule has 0 spiro atoms. The quantitative estimate of drug-likeness (QED) is 0.360. The smallest absolute Gasteiger partial charge is 0.306 e. The second-order valence-corrected chi connectivity index (χ2v) is 6.65. The Kier molecular flexibility index (Phi) is 6.69. The summed E-state index contributed by atoms with van der Waals surface area (Å²) in [4.78, 5) is 21.9. The van der Waals surface area contributed by atoms with Crippen molar-refractivity contribution in [3.8, 4) is 0 Å². The molecular formula is C7H13BIO4P. The molecule has 0 aliphatic heterocycles. The van der Waals surface area contributed by atoms with Gasteiger partial charge in [0.15, 0.2) is 0 Å². The molecule has 0 fully saturated rings. The van der Waals surface area contributed by atoms with Crippen molar-refractivity contribution >= 4 is 47.7 Å². The normalized spacial score (nSPS) is 12.4. The predicted molar refractivity (Wildman–Crippen MR) is 66.7 cm³/mol. The number of carbonyl (C=O) groups is 2. The van der Waals surface area contributed by atoms with Crippen LogP contribution in [-0.4, -0.2) is 27.4 Å². The Labute approximate surface area is 99.3 Å². The van der Waals surface area contributed by atoms with E-state index < -0.39 is 17.8 Å². The van der Waals surface area contributed by atoms with Gasteiger partial charge < -0.3 is 9.84 Å². The monoisotopic (exact) mass is 330 g/mol. The third-order valence-electron chi connectivity index (χ3n) is 1.46. The van der Waals surface area contributed by atoms with Crippen molar-refractivity contribution in [2.75, 3.05) is 0 Å². The summed E-state index contributed by atoms with van der Waals surface area (Å²) in [5.41, 5.74) is 0.